The van der Waals surface area contributed by atoms with Gasteiger partial charge in [-0.25, -0.2) is 19.9 Å². The second kappa shape index (κ2) is 6.47. The molecule has 1 N–H and O–H groups in total. The van der Waals surface area contributed by atoms with E-state index in [1.54, 1.807) is 19.5 Å². The molecule has 0 unspecified atom stereocenters. The third-order valence-corrected chi connectivity index (χ3v) is 3.11. The van der Waals surface area contributed by atoms with Gasteiger partial charge in [0.15, 0.2) is 5.69 Å². The summed E-state index contributed by atoms with van der Waals surface area (Å²) < 4.78 is 5.30. The first-order valence-electron chi connectivity index (χ1n) is 7.06. The highest BCUT2D eigenvalue weighted by atomic mass is 16.5. The van der Waals surface area contributed by atoms with Gasteiger partial charge >= 0.3 is 0 Å². The third-order valence-electron chi connectivity index (χ3n) is 3.11. The minimum absolute atomic E-state index is 0.226. The van der Waals surface area contributed by atoms with Crippen molar-refractivity contribution in [1.29, 1.82) is 0 Å². The average Bonchev–Trinajstić information content (AvgIpc) is 2.49. The number of ether oxygens (including phenoxy) is 1. The summed E-state index contributed by atoms with van der Waals surface area (Å²) in [6.45, 7) is 8.95. The van der Waals surface area contributed by atoms with Crippen LogP contribution in [-0.2, 0) is 0 Å². The van der Waals surface area contributed by atoms with Crippen molar-refractivity contribution in [3.63, 3.8) is 0 Å². The summed E-state index contributed by atoms with van der Waals surface area (Å²) in [5.41, 5.74) is 2.34. The Morgan fingerprint density at radius 3 is 2.48 bits per heavy atom. The number of aromatic nitrogens is 4. The first-order chi connectivity index (χ1) is 10.1. The normalized spacial score (nSPS) is 10.8. The molecule has 0 bridgehead atoms. The van der Waals surface area contributed by atoms with E-state index >= 15 is 0 Å². The molecule has 112 valence electrons. The van der Waals surface area contributed by atoms with Gasteiger partial charge in [-0.3, -0.25) is 0 Å². The van der Waals surface area contributed by atoms with Crippen LogP contribution in [0.15, 0.2) is 12.4 Å². The van der Waals surface area contributed by atoms with Gasteiger partial charge in [0.25, 0.3) is 0 Å². The molecule has 0 radical (unpaired) electrons. The zero-order chi connectivity index (χ0) is 15.4. The van der Waals surface area contributed by atoms with Crippen LogP contribution in [0, 0.1) is 6.92 Å². The molecular formula is C15H21N5O. The predicted octanol–water partition coefficient (Wildman–Crippen LogP) is 2.81. The van der Waals surface area contributed by atoms with Gasteiger partial charge < -0.3 is 10.1 Å². The Hall–Kier alpha value is -2.24. The second-order valence-electron chi connectivity index (χ2n) is 5.00. The Kier molecular flexibility index (Phi) is 4.67. The summed E-state index contributed by atoms with van der Waals surface area (Å²) in [5.74, 6) is 2.30. The summed E-state index contributed by atoms with van der Waals surface area (Å²) >= 11 is 0. The quantitative estimate of drug-likeness (QED) is 0.911. The van der Waals surface area contributed by atoms with Crippen molar-refractivity contribution < 1.29 is 4.74 Å². The molecule has 0 atom stereocenters. The van der Waals surface area contributed by atoms with E-state index in [4.69, 9.17) is 4.74 Å². The third kappa shape index (κ3) is 3.09. The monoisotopic (exact) mass is 287 g/mol. The number of nitrogens with one attached hydrogen (secondary N) is 1. The highest BCUT2D eigenvalue weighted by molar-refractivity contribution is 5.68. The van der Waals surface area contributed by atoms with Crippen LogP contribution in [0.4, 0.5) is 5.82 Å². The molecule has 0 aliphatic heterocycles. The minimum atomic E-state index is 0.226. The summed E-state index contributed by atoms with van der Waals surface area (Å²) in [6, 6.07) is 0. The number of nitrogens with zero attached hydrogens (tertiary/aromatic N) is 4. The fourth-order valence-electron chi connectivity index (χ4n) is 2.00. The van der Waals surface area contributed by atoms with Gasteiger partial charge in [0.05, 0.1) is 7.11 Å². The van der Waals surface area contributed by atoms with Crippen LogP contribution in [0.25, 0.3) is 11.4 Å². The molecule has 0 saturated heterocycles. The standard InChI is InChI=1S/C15H21N5O/c1-6-16-14-10(4)11(19-13(20-14)9(2)3)12-15(21-5)18-8-7-17-12/h7-9H,6H2,1-5H3,(H,16,19,20). The molecule has 0 saturated carbocycles. The zero-order valence-corrected chi connectivity index (χ0v) is 13.1. The minimum Gasteiger partial charge on any atom is -0.479 e. The number of methoxy groups -OCH3 is 1. The summed E-state index contributed by atoms with van der Waals surface area (Å²) in [7, 11) is 1.58. The largest absolute Gasteiger partial charge is 0.479 e. The van der Waals surface area contributed by atoms with E-state index < -0.39 is 0 Å². The predicted molar refractivity (Wildman–Crippen MR) is 82.6 cm³/mol. The van der Waals surface area contributed by atoms with Crippen LogP contribution in [0.1, 0.15) is 38.1 Å². The van der Waals surface area contributed by atoms with Gasteiger partial charge in [-0.2, -0.15) is 0 Å². The molecule has 0 aromatic carbocycles. The van der Waals surface area contributed by atoms with E-state index in [-0.39, 0.29) is 5.92 Å². The lowest BCUT2D eigenvalue weighted by Gasteiger charge is -2.15. The van der Waals surface area contributed by atoms with Gasteiger partial charge in [0, 0.05) is 30.4 Å². The first-order valence-corrected chi connectivity index (χ1v) is 7.06. The Morgan fingerprint density at radius 1 is 1.14 bits per heavy atom. The molecule has 21 heavy (non-hydrogen) atoms. The molecule has 0 fully saturated rings. The average molecular weight is 287 g/mol. The number of anilines is 1. The maximum Gasteiger partial charge on any atom is 0.241 e. The summed E-state index contributed by atoms with van der Waals surface area (Å²) in [5, 5.41) is 3.28. The van der Waals surface area contributed by atoms with Crippen LogP contribution in [0.5, 0.6) is 5.88 Å². The second-order valence-corrected chi connectivity index (χ2v) is 5.00. The van der Waals surface area contributed by atoms with Crippen molar-refractivity contribution in [1.82, 2.24) is 19.9 Å². The molecule has 0 spiro atoms. The van der Waals surface area contributed by atoms with Crippen LogP contribution in [-0.4, -0.2) is 33.6 Å². The molecule has 2 aromatic rings. The van der Waals surface area contributed by atoms with E-state index in [0.29, 0.717) is 11.6 Å². The Balaban J connectivity index is 2.66. The SMILES string of the molecule is CCNc1nc(C(C)C)nc(-c2nccnc2OC)c1C. The topological polar surface area (TPSA) is 72.8 Å². The van der Waals surface area contributed by atoms with Gasteiger partial charge in [-0.15, -0.1) is 0 Å². The molecule has 2 heterocycles. The Labute approximate surface area is 125 Å². The maximum absolute atomic E-state index is 5.30. The number of hydrogen-bond acceptors (Lipinski definition) is 6. The Morgan fingerprint density at radius 2 is 1.86 bits per heavy atom. The van der Waals surface area contributed by atoms with Gasteiger partial charge in [-0.05, 0) is 13.8 Å². The molecule has 0 amide bonds. The molecule has 6 nitrogen and oxygen atoms in total. The fourth-order valence-corrected chi connectivity index (χ4v) is 2.00. The smallest absolute Gasteiger partial charge is 0.241 e. The Bertz CT molecular complexity index is 627. The highest BCUT2D eigenvalue weighted by Gasteiger charge is 2.18. The molecule has 0 aliphatic carbocycles. The van der Waals surface area contributed by atoms with E-state index in [0.717, 1.165) is 29.4 Å². The first kappa shape index (κ1) is 15.2. The molecular weight excluding hydrogens is 266 g/mol. The van der Waals surface area contributed by atoms with Gasteiger partial charge in [0.2, 0.25) is 5.88 Å². The summed E-state index contributed by atoms with van der Waals surface area (Å²) in [4.78, 5) is 17.8. The van der Waals surface area contributed by atoms with E-state index in [2.05, 4.69) is 39.1 Å². The van der Waals surface area contributed by atoms with Crippen molar-refractivity contribution in [2.75, 3.05) is 19.0 Å². The van der Waals surface area contributed by atoms with Crippen LogP contribution < -0.4 is 10.1 Å². The van der Waals surface area contributed by atoms with Gasteiger partial charge in [-0.1, -0.05) is 13.8 Å². The zero-order valence-electron chi connectivity index (χ0n) is 13.1. The van der Waals surface area contributed by atoms with Crippen molar-refractivity contribution in [3.05, 3.63) is 23.8 Å². The number of rotatable bonds is 5. The van der Waals surface area contributed by atoms with Crippen molar-refractivity contribution >= 4 is 5.82 Å². The lowest BCUT2D eigenvalue weighted by Crippen LogP contribution is -2.10. The highest BCUT2D eigenvalue weighted by Crippen LogP contribution is 2.30. The van der Waals surface area contributed by atoms with Crippen LogP contribution in [0.3, 0.4) is 0 Å². The van der Waals surface area contributed by atoms with E-state index in [1.165, 1.54) is 0 Å². The lowest BCUT2D eigenvalue weighted by atomic mass is 10.1. The molecule has 6 heteroatoms. The van der Waals surface area contributed by atoms with Crippen molar-refractivity contribution in [2.24, 2.45) is 0 Å². The molecule has 2 rings (SSSR count). The van der Waals surface area contributed by atoms with Crippen molar-refractivity contribution in [2.45, 2.75) is 33.6 Å². The van der Waals surface area contributed by atoms with Crippen LogP contribution in [0.2, 0.25) is 0 Å². The fraction of sp³-hybridized carbons (Fsp3) is 0.467. The summed E-state index contributed by atoms with van der Waals surface area (Å²) in [6.07, 6.45) is 3.24. The van der Waals surface area contributed by atoms with E-state index in [1.807, 2.05) is 13.8 Å². The molecule has 0 aliphatic rings. The van der Waals surface area contributed by atoms with Crippen molar-refractivity contribution in [3.8, 4) is 17.3 Å². The maximum atomic E-state index is 5.30. The number of hydrogen-bond donors (Lipinski definition) is 1. The van der Waals surface area contributed by atoms with Crippen LogP contribution >= 0.6 is 0 Å². The van der Waals surface area contributed by atoms with Gasteiger partial charge in [0.1, 0.15) is 17.3 Å². The van der Waals surface area contributed by atoms with E-state index in [9.17, 15) is 0 Å². The molecule has 2 aromatic heterocycles. The lowest BCUT2D eigenvalue weighted by molar-refractivity contribution is 0.397.